The second-order valence-corrected chi connectivity index (χ2v) is 5.23. The van der Waals surface area contributed by atoms with E-state index >= 15 is 0 Å². The highest BCUT2D eigenvalue weighted by Crippen LogP contribution is 2.26. The number of thioether (sulfide) groups is 1. The molecule has 0 aliphatic carbocycles. The molecule has 0 fully saturated rings. The number of rotatable bonds is 7. The summed E-state index contributed by atoms with van der Waals surface area (Å²) in [5.74, 6) is 0.722. The summed E-state index contributed by atoms with van der Waals surface area (Å²) < 4.78 is 13.0. The summed E-state index contributed by atoms with van der Waals surface area (Å²) in [4.78, 5) is 0. The highest BCUT2D eigenvalue weighted by Gasteiger charge is 2.05. The maximum atomic E-state index is 13.0. The molecule has 0 unspecified atom stereocenters. The van der Waals surface area contributed by atoms with E-state index in [2.05, 4.69) is 11.6 Å². The summed E-state index contributed by atoms with van der Waals surface area (Å²) in [7, 11) is 0. The van der Waals surface area contributed by atoms with Gasteiger partial charge in [-0.3, -0.25) is 0 Å². The predicted molar refractivity (Wildman–Crippen MR) is 76.5 cm³/mol. The van der Waals surface area contributed by atoms with Crippen molar-refractivity contribution in [2.75, 3.05) is 29.6 Å². The van der Waals surface area contributed by atoms with Crippen molar-refractivity contribution < 1.29 is 4.39 Å². The second-order valence-electron chi connectivity index (χ2n) is 3.83. The lowest BCUT2D eigenvalue weighted by atomic mass is 10.2. The van der Waals surface area contributed by atoms with Crippen molar-refractivity contribution in [1.82, 2.24) is 0 Å². The minimum atomic E-state index is -0.477. The second kappa shape index (κ2) is 7.67. The predicted octanol–water partition coefficient (Wildman–Crippen LogP) is 4.01. The van der Waals surface area contributed by atoms with Gasteiger partial charge in [-0.2, -0.15) is 11.8 Å². The van der Waals surface area contributed by atoms with Crippen LogP contribution in [0.4, 0.5) is 15.8 Å². The van der Waals surface area contributed by atoms with Gasteiger partial charge in [-0.15, -0.1) is 0 Å². The van der Waals surface area contributed by atoms with Gasteiger partial charge in [0.2, 0.25) is 0 Å². The fourth-order valence-corrected chi connectivity index (χ4v) is 2.14. The molecule has 0 saturated carbocycles. The zero-order valence-electron chi connectivity index (χ0n) is 9.93. The number of nitrogen functional groups attached to an aromatic ring is 1. The number of halogens is 2. The molecule has 0 saturated heterocycles. The third-order valence-electron chi connectivity index (χ3n) is 2.43. The van der Waals surface area contributed by atoms with Crippen LogP contribution >= 0.6 is 23.4 Å². The van der Waals surface area contributed by atoms with Crippen LogP contribution in [-0.4, -0.2) is 18.6 Å². The van der Waals surface area contributed by atoms with E-state index in [-0.39, 0.29) is 5.02 Å². The topological polar surface area (TPSA) is 38.0 Å². The third kappa shape index (κ3) is 5.04. The standard InChI is InChI=1S/C12H18ClFN2S/c1-17-6-4-2-3-5-16-12-7-9(13)10(14)8-11(12)15/h7-8,16H,2-6,15H2,1H3. The third-order valence-corrected chi connectivity index (χ3v) is 3.42. The van der Waals surface area contributed by atoms with Gasteiger partial charge in [0.15, 0.2) is 0 Å². The Morgan fingerprint density at radius 1 is 1.35 bits per heavy atom. The van der Waals surface area contributed by atoms with Gasteiger partial charge in [-0.1, -0.05) is 18.0 Å². The number of nitrogens with one attached hydrogen (secondary N) is 1. The molecule has 0 heterocycles. The van der Waals surface area contributed by atoms with Gasteiger partial charge in [-0.05, 0) is 30.9 Å². The summed E-state index contributed by atoms with van der Waals surface area (Å²) in [6, 6.07) is 2.78. The number of nitrogens with two attached hydrogens (primary N) is 1. The number of hydrogen-bond donors (Lipinski definition) is 2. The van der Waals surface area contributed by atoms with E-state index in [0.29, 0.717) is 11.4 Å². The van der Waals surface area contributed by atoms with E-state index in [1.165, 1.54) is 30.7 Å². The maximum absolute atomic E-state index is 13.0. The summed E-state index contributed by atoms with van der Waals surface area (Å²) >= 11 is 7.56. The van der Waals surface area contributed by atoms with Crippen molar-refractivity contribution in [3.63, 3.8) is 0 Å². The van der Waals surface area contributed by atoms with Crippen molar-refractivity contribution in [3.05, 3.63) is 23.0 Å². The van der Waals surface area contributed by atoms with Crippen LogP contribution < -0.4 is 11.1 Å². The summed E-state index contributed by atoms with van der Waals surface area (Å²) in [6.07, 6.45) is 5.60. The van der Waals surface area contributed by atoms with Crippen LogP contribution in [0.1, 0.15) is 19.3 Å². The van der Waals surface area contributed by atoms with Crippen molar-refractivity contribution >= 4 is 34.7 Å². The Bertz CT molecular complexity index is 361. The molecule has 0 radical (unpaired) electrons. The zero-order chi connectivity index (χ0) is 12.7. The number of benzene rings is 1. The van der Waals surface area contributed by atoms with Crippen LogP contribution in [0.15, 0.2) is 12.1 Å². The molecule has 3 N–H and O–H groups in total. The minimum absolute atomic E-state index is 0.101. The SMILES string of the molecule is CSCCCCCNc1cc(Cl)c(F)cc1N. The maximum Gasteiger partial charge on any atom is 0.143 e. The largest absolute Gasteiger partial charge is 0.397 e. The molecule has 5 heteroatoms. The summed E-state index contributed by atoms with van der Waals surface area (Å²) in [5.41, 5.74) is 6.80. The molecule has 2 nitrogen and oxygen atoms in total. The Labute approximate surface area is 111 Å². The average Bonchev–Trinajstić information content (AvgIpc) is 2.30. The van der Waals surface area contributed by atoms with Crippen LogP contribution in [0, 0.1) is 5.82 Å². The van der Waals surface area contributed by atoms with Gasteiger partial charge in [-0.25, -0.2) is 4.39 Å². The number of unbranched alkanes of at least 4 members (excludes halogenated alkanes) is 2. The quantitative estimate of drug-likeness (QED) is 0.584. The Hall–Kier alpha value is -0.610. The first kappa shape index (κ1) is 14.5. The van der Waals surface area contributed by atoms with E-state index in [9.17, 15) is 4.39 Å². The van der Waals surface area contributed by atoms with E-state index in [4.69, 9.17) is 17.3 Å². The van der Waals surface area contributed by atoms with E-state index in [1.807, 2.05) is 11.8 Å². The first-order chi connectivity index (χ1) is 8.15. The van der Waals surface area contributed by atoms with Gasteiger partial charge < -0.3 is 11.1 Å². The Balaban J connectivity index is 2.34. The lowest BCUT2D eigenvalue weighted by Gasteiger charge is -2.10. The Morgan fingerprint density at radius 3 is 2.82 bits per heavy atom. The first-order valence-electron chi connectivity index (χ1n) is 5.62. The van der Waals surface area contributed by atoms with Crippen LogP contribution in [0.25, 0.3) is 0 Å². The molecular weight excluding hydrogens is 259 g/mol. The van der Waals surface area contributed by atoms with Crippen molar-refractivity contribution in [3.8, 4) is 0 Å². The molecule has 1 aromatic rings. The van der Waals surface area contributed by atoms with E-state index in [1.54, 1.807) is 0 Å². The molecule has 1 rings (SSSR count). The van der Waals surface area contributed by atoms with Gasteiger partial charge in [0.1, 0.15) is 5.82 Å². The molecule has 0 atom stereocenters. The summed E-state index contributed by atoms with van der Waals surface area (Å²) in [5, 5.41) is 3.28. The highest BCUT2D eigenvalue weighted by molar-refractivity contribution is 7.98. The highest BCUT2D eigenvalue weighted by atomic mass is 35.5. The lowest BCUT2D eigenvalue weighted by molar-refractivity contribution is 0.629. The minimum Gasteiger partial charge on any atom is -0.397 e. The number of anilines is 2. The molecule has 1 aromatic carbocycles. The van der Waals surface area contributed by atoms with Crippen LogP contribution in [0.2, 0.25) is 5.02 Å². The zero-order valence-corrected chi connectivity index (χ0v) is 11.5. The van der Waals surface area contributed by atoms with E-state index < -0.39 is 5.82 Å². The molecule has 0 bridgehead atoms. The smallest absolute Gasteiger partial charge is 0.143 e. The Morgan fingerprint density at radius 2 is 2.12 bits per heavy atom. The van der Waals surface area contributed by atoms with Gasteiger partial charge >= 0.3 is 0 Å². The fraction of sp³-hybridized carbons (Fsp3) is 0.500. The molecule has 0 spiro atoms. The Kier molecular flexibility index (Phi) is 6.52. The lowest BCUT2D eigenvalue weighted by Crippen LogP contribution is -2.05. The molecule has 0 aliphatic rings. The van der Waals surface area contributed by atoms with Crippen molar-refractivity contribution in [2.45, 2.75) is 19.3 Å². The average molecular weight is 277 g/mol. The fourth-order valence-electron chi connectivity index (χ4n) is 1.49. The van der Waals surface area contributed by atoms with Crippen LogP contribution in [-0.2, 0) is 0 Å². The van der Waals surface area contributed by atoms with Crippen LogP contribution in [0.5, 0.6) is 0 Å². The molecule has 0 aromatic heterocycles. The van der Waals surface area contributed by atoms with Crippen molar-refractivity contribution in [1.29, 1.82) is 0 Å². The van der Waals surface area contributed by atoms with Gasteiger partial charge in [0.25, 0.3) is 0 Å². The molecule has 96 valence electrons. The molecule has 0 aliphatic heterocycles. The normalized spacial score (nSPS) is 10.5. The monoisotopic (exact) mass is 276 g/mol. The summed E-state index contributed by atoms with van der Waals surface area (Å²) in [6.45, 7) is 0.834. The van der Waals surface area contributed by atoms with Crippen molar-refractivity contribution in [2.24, 2.45) is 0 Å². The van der Waals surface area contributed by atoms with Gasteiger partial charge in [0.05, 0.1) is 16.4 Å². The molecular formula is C12H18ClFN2S. The molecule has 17 heavy (non-hydrogen) atoms. The van der Waals surface area contributed by atoms with E-state index in [0.717, 1.165) is 13.0 Å². The van der Waals surface area contributed by atoms with Gasteiger partial charge in [0, 0.05) is 12.6 Å². The number of hydrogen-bond acceptors (Lipinski definition) is 3. The first-order valence-corrected chi connectivity index (χ1v) is 7.39. The molecule has 0 amide bonds. The van der Waals surface area contributed by atoms with Crippen LogP contribution in [0.3, 0.4) is 0 Å².